The van der Waals surface area contributed by atoms with Crippen LogP contribution in [0.15, 0.2) is 24.3 Å². The number of carbonyl (C=O) groups excluding carboxylic acids is 2. The second-order valence-electron chi connectivity index (χ2n) is 4.86. The second-order valence-corrected chi connectivity index (χ2v) is 4.86. The molecule has 0 aliphatic rings. The molecule has 24 heavy (non-hydrogen) atoms. The summed E-state index contributed by atoms with van der Waals surface area (Å²) in [6.45, 7) is 0.941. The molecule has 130 valence electrons. The topological polar surface area (TPSA) is 122 Å². The second kappa shape index (κ2) is 10.2. The van der Waals surface area contributed by atoms with E-state index in [0.29, 0.717) is 24.5 Å². The zero-order valence-corrected chi connectivity index (χ0v) is 13.3. The van der Waals surface area contributed by atoms with Gasteiger partial charge in [0.15, 0.2) is 0 Å². The Labute approximate surface area is 139 Å². The number of nitrogens with zero attached hydrogens (tertiary/aromatic N) is 1. The lowest BCUT2D eigenvalue weighted by Gasteiger charge is -2.11. The monoisotopic (exact) mass is 336 g/mol. The van der Waals surface area contributed by atoms with E-state index in [-0.39, 0.29) is 6.42 Å². The maximum atomic E-state index is 11.3. The van der Waals surface area contributed by atoms with Gasteiger partial charge in [0, 0.05) is 25.5 Å². The van der Waals surface area contributed by atoms with Gasteiger partial charge in [0.25, 0.3) is 5.91 Å². The summed E-state index contributed by atoms with van der Waals surface area (Å²) in [6, 6.07) is 7.01. The van der Waals surface area contributed by atoms with Crippen molar-refractivity contribution in [3.05, 3.63) is 29.8 Å². The fourth-order valence-corrected chi connectivity index (χ4v) is 1.72. The molecule has 0 fully saturated rings. The minimum absolute atomic E-state index is 0.0288. The first-order valence-corrected chi connectivity index (χ1v) is 7.14. The number of nitrogens with two attached hydrogens (primary N) is 1. The van der Waals surface area contributed by atoms with Crippen LogP contribution in [-0.4, -0.2) is 47.8 Å². The molecule has 0 bridgehead atoms. The van der Waals surface area contributed by atoms with E-state index < -0.39 is 29.4 Å². The van der Waals surface area contributed by atoms with Crippen molar-refractivity contribution in [3.63, 3.8) is 0 Å². The molecule has 8 heteroatoms. The first-order chi connectivity index (χ1) is 11.4. The highest BCUT2D eigenvalue weighted by molar-refractivity contribution is 5.84. The van der Waals surface area contributed by atoms with Crippen LogP contribution in [0.3, 0.4) is 0 Å². The Morgan fingerprint density at radius 3 is 2.46 bits per heavy atom. The number of rotatable bonds is 8. The van der Waals surface area contributed by atoms with Gasteiger partial charge in [-0.2, -0.15) is 0 Å². The highest BCUT2D eigenvalue weighted by Gasteiger charge is 2.21. The van der Waals surface area contributed by atoms with Crippen molar-refractivity contribution in [1.29, 1.82) is 0 Å². The van der Waals surface area contributed by atoms with Crippen LogP contribution in [0.25, 0.3) is 0 Å². The zero-order valence-electron chi connectivity index (χ0n) is 13.3. The number of methoxy groups -OCH3 is 1. The average Bonchev–Trinajstić information content (AvgIpc) is 2.55. The molecule has 2 amide bonds. The lowest BCUT2D eigenvalue weighted by atomic mass is 10.0. The Balaban J connectivity index is 2.59. The lowest BCUT2D eigenvalue weighted by molar-refractivity contribution is -0.285. The summed E-state index contributed by atoms with van der Waals surface area (Å²) in [5.74, 6) is 3.61. The average molecular weight is 336 g/mol. The Hall–Kier alpha value is -2.60. The van der Waals surface area contributed by atoms with Crippen LogP contribution >= 0.6 is 0 Å². The molecule has 1 aromatic carbocycles. The molecule has 0 saturated heterocycles. The molecule has 0 aliphatic heterocycles. The Morgan fingerprint density at radius 1 is 1.25 bits per heavy atom. The van der Waals surface area contributed by atoms with Gasteiger partial charge in [0.1, 0.15) is 12.4 Å². The van der Waals surface area contributed by atoms with Gasteiger partial charge in [0.2, 0.25) is 5.91 Å². The molecular formula is C16H20N2O6. The molecule has 1 atom stereocenters. The maximum absolute atomic E-state index is 11.3. The fraction of sp³-hybridized carbons (Fsp3) is 0.375. The van der Waals surface area contributed by atoms with Crippen molar-refractivity contribution in [2.75, 3.05) is 20.3 Å². The number of hydroxylamine groups is 2. The molecular weight excluding hydrogens is 316 g/mol. The number of hydrogen-bond donors (Lipinski definition) is 3. The van der Waals surface area contributed by atoms with E-state index in [9.17, 15) is 9.59 Å². The van der Waals surface area contributed by atoms with Crippen molar-refractivity contribution in [3.8, 4) is 17.6 Å². The van der Waals surface area contributed by atoms with E-state index >= 15 is 0 Å². The summed E-state index contributed by atoms with van der Waals surface area (Å²) in [5, 5.41) is 16.6. The van der Waals surface area contributed by atoms with Gasteiger partial charge >= 0.3 is 0 Å². The third-order valence-corrected chi connectivity index (χ3v) is 3.04. The van der Waals surface area contributed by atoms with E-state index in [1.54, 1.807) is 31.4 Å². The summed E-state index contributed by atoms with van der Waals surface area (Å²) in [6.07, 6.45) is -0.399. The summed E-state index contributed by atoms with van der Waals surface area (Å²) in [5.41, 5.74) is 5.88. The first-order valence-electron chi connectivity index (χ1n) is 7.14. The molecule has 0 heterocycles. The quantitative estimate of drug-likeness (QED) is 0.276. The molecule has 1 aromatic rings. The molecule has 1 rings (SSSR count). The lowest BCUT2D eigenvalue weighted by Crippen LogP contribution is -2.31. The van der Waals surface area contributed by atoms with Gasteiger partial charge in [-0.3, -0.25) is 20.0 Å². The number of hydrogen-bond acceptors (Lipinski definition) is 6. The minimum atomic E-state index is -1.03. The van der Waals surface area contributed by atoms with Crippen molar-refractivity contribution in [1.82, 2.24) is 5.23 Å². The highest BCUT2D eigenvalue weighted by atomic mass is 16.8. The van der Waals surface area contributed by atoms with Crippen LogP contribution < -0.4 is 10.5 Å². The number of ether oxygens (including phenoxy) is 2. The Kier molecular flexibility index (Phi) is 8.29. The normalized spacial score (nSPS) is 11.1. The largest absolute Gasteiger partial charge is 0.491 e. The molecule has 0 aromatic heterocycles. The molecule has 4 N–H and O–H groups in total. The number of primary amides is 1. The van der Waals surface area contributed by atoms with E-state index in [1.165, 1.54) is 0 Å². The van der Waals surface area contributed by atoms with Crippen LogP contribution in [-0.2, 0) is 14.3 Å². The SMILES string of the molecule is COCCOc1ccc(C#CCC(CC(=O)N(O)O)C(N)=O)cc1. The molecule has 0 aliphatic carbocycles. The number of carbonyl (C=O) groups is 2. The van der Waals surface area contributed by atoms with Gasteiger partial charge in [-0.1, -0.05) is 17.1 Å². The minimum Gasteiger partial charge on any atom is -0.491 e. The maximum Gasteiger partial charge on any atom is 0.273 e. The van der Waals surface area contributed by atoms with Crippen LogP contribution in [0, 0.1) is 17.8 Å². The van der Waals surface area contributed by atoms with Crippen LogP contribution in [0.4, 0.5) is 0 Å². The molecule has 1 unspecified atom stereocenters. The van der Waals surface area contributed by atoms with E-state index in [1.807, 2.05) is 0 Å². The summed E-state index contributed by atoms with van der Waals surface area (Å²) in [7, 11) is 1.59. The van der Waals surface area contributed by atoms with E-state index in [0.717, 1.165) is 0 Å². The van der Waals surface area contributed by atoms with Gasteiger partial charge in [0.05, 0.1) is 12.5 Å². The smallest absolute Gasteiger partial charge is 0.273 e. The van der Waals surface area contributed by atoms with Crippen LogP contribution in [0.1, 0.15) is 18.4 Å². The predicted molar refractivity (Wildman–Crippen MR) is 83.0 cm³/mol. The fourth-order valence-electron chi connectivity index (χ4n) is 1.72. The molecule has 0 saturated carbocycles. The van der Waals surface area contributed by atoms with Crippen molar-refractivity contribution < 1.29 is 29.5 Å². The van der Waals surface area contributed by atoms with Gasteiger partial charge in [-0.05, 0) is 24.3 Å². The Bertz CT molecular complexity index is 603. The standard InChI is InChI=1S/C16H20N2O6/c1-23-9-10-24-14-7-5-12(6-8-14)3-2-4-13(16(17)20)11-15(19)18(21)22/h5-8,13,21-22H,4,9-11H2,1H3,(H2,17,20). The van der Waals surface area contributed by atoms with Gasteiger partial charge < -0.3 is 15.2 Å². The summed E-state index contributed by atoms with van der Waals surface area (Å²) in [4.78, 5) is 22.4. The van der Waals surface area contributed by atoms with E-state index in [2.05, 4.69) is 11.8 Å². The van der Waals surface area contributed by atoms with Gasteiger partial charge in [-0.15, -0.1) is 0 Å². The van der Waals surface area contributed by atoms with E-state index in [4.69, 9.17) is 25.6 Å². The summed E-state index contributed by atoms with van der Waals surface area (Å²) < 4.78 is 10.3. The highest BCUT2D eigenvalue weighted by Crippen LogP contribution is 2.12. The first kappa shape index (κ1) is 19.4. The van der Waals surface area contributed by atoms with Crippen molar-refractivity contribution >= 4 is 11.8 Å². The Morgan fingerprint density at radius 2 is 1.92 bits per heavy atom. The third-order valence-electron chi connectivity index (χ3n) is 3.04. The van der Waals surface area contributed by atoms with Crippen molar-refractivity contribution in [2.24, 2.45) is 11.7 Å². The molecule has 0 spiro atoms. The zero-order chi connectivity index (χ0) is 17.9. The summed E-state index contributed by atoms with van der Waals surface area (Å²) >= 11 is 0. The van der Waals surface area contributed by atoms with Crippen LogP contribution in [0.2, 0.25) is 0 Å². The number of benzene rings is 1. The van der Waals surface area contributed by atoms with Gasteiger partial charge in [-0.25, -0.2) is 0 Å². The molecule has 0 radical (unpaired) electrons. The van der Waals surface area contributed by atoms with Crippen molar-refractivity contribution in [2.45, 2.75) is 12.8 Å². The predicted octanol–water partition coefficient (Wildman–Crippen LogP) is 0.552. The van der Waals surface area contributed by atoms with Crippen LogP contribution in [0.5, 0.6) is 5.75 Å². The number of amides is 2. The third kappa shape index (κ3) is 7.11. The molecule has 8 nitrogen and oxygen atoms in total.